The summed E-state index contributed by atoms with van der Waals surface area (Å²) in [5.74, 6) is 0.858. The quantitative estimate of drug-likeness (QED) is 0.897. The Kier molecular flexibility index (Phi) is 5.02. The van der Waals surface area contributed by atoms with Crippen molar-refractivity contribution in [2.45, 2.75) is 51.0 Å². The van der Waals surface area contributed by atoms with Gasteiger partial charge in [0.1, 0.15) is 0 Å². The minimum Gasteiger partial charge on any atom is -0.349 e. The number of fused-ring (bicyclic) bond motifs is 1. The first kappa shape index (κ1) is 16.6. The van der Waals surface area contributed by atoms with Gasteiger partial charge in [0.2, 0.25) is 0 Å². The molecule has 1 amide bonds. The first-order valence-electron chi connectivity index (χ1n) is 9.74. The van der Waals surface area contributed by atoms with Crippen molar-refractivity contribution >= 4 is 16.8 Å². The molecule has 2 heterocycles. The Morgan fingerprint density at radius 2 is 1.96 bits per heavy atom. The highest BCUT2D eigenvalue weighted by molar-refractivity contribution is 5.97. The average Bonchev–Trinajstić information content (AvgIpc) is 3.12. The van der Waals surface area contributed by atoms with Crippen LogP contribution in [0.3, 0.4) is 0 Å². The maximum absolute atomic E-state index is 12.5. The highest BCUT2D eigenvalue weighted by Gasteiger charge is 2.24. The summed E-state index contributed by atoms with van der Waals surface area (Å²) in [5.41, 5.74) is 1.69. The molecule has 0 bridgehead atoms. The molecule has 0 unspecified atom stereocenters. The average molecular weight is 340 g/mol. The molecule has 134 valence electrons. The van der Waals surface area contributed by atoms with Gasteiger partial charge in [0.15, 0.2) is 0 Å². The van der Waals surface area contributed by atoms with E-state index < -0.39 is 0 Å². The Morgan fingerprint density at radius 1 is 1.16 bits per heavy atom. The number of nitrogens with one attached hydrogen (secondary N) is 2. The van der Waals surface area contributed by atoms with E-state index in [1.807, 2.05) is 18.2 Å². The van der Waals surface area contributed by atoms with Gasteiger partial charge >= 0.3 is 0 Å². The fraction of sp³-hybridized carbons (Fsp3) is 0.600. The largest absolute Gasteiger partial charge is 0.349 e. The number of piperidine rings is 1. The number of likely N-dealkylation sites (tertiary alicyclic amines) is 1. The normalized spacial score (nSPS) is 25.1. The lowest BCUT2D eigenvalue weighted by Gasteiger charge is -2.34. The second-order valence-corrected chi connectivity index (χ2v) is 7.72. The van der Waals surface area contributed by atoms with E-state index in [1.54, 1.807) is 6.20 Å². The summed E-state index contributed by atoms with van der Waals surface area (Å²) in [6.07, 6.45) is 10.6. The number of aromatic amines is 1. The summed E-state index contributed by atoms with van der Waals surface area (Å²) in [4.78, 5) is 15.2. The van der Waals surface area contributed by atoms with Crippen molar-refractivity contribution in [3.8, 4) is 0 Å². The van der Waals surface area contributed by atoms with Gasteiger partial charge in [-0.05, 0) is 75.7 Å². The van der Waals surface area contributed by atoms with Gasteiger partial charge in [-0.1, -0.05) is 6.42 Å². The molecule has 1 aliphatic heterocycles. The monoisotopic (exact) mass is 340 g/mol. The molecule has 2 aromatic rings. The third kappa shape index (κ3) is 4.03. The Labute approximate surface area is 149 Å². The fourth-order valence-corrected chi connectivity index (χ4v) is 4.35. The highest BCUT2D eigenvalue weighted by atomic mass is 16.1. The van der Waals surface area contributed by atoms with E-state index in [4.69, 9.17) is 0 Å². The molecule has 0 spiro atoms. The smallest absolute Gasteiger partial charge is 0.251 e. The van der Waals surface area contributed by atoms with Gasteiger partial charge in [-0.3, -0.25) is 9.89 Å². The molecule has 1 aliphatic carbocycles. The predicted octanol–water partition coefficient (Wildman–Crippen LogP) is 3.34. The van der Waals surface area contributed by atoms with Gasteiger partial charge < -0.3 is 10.2 Å². The van der Waals surface area contributed by atoms with Crippen LogP contribution in [0.2, 0.25) is 0 Å². The summed E-state index contributed by atoms with van der Waals surface area (Å²) in [5, 5.41) is 11.1. The van der Waals surface area contributed by atoms with Gasteiger partial charge in [-0.25, -0.2) is 0 Å². The Hall–Kier alpha value is -1.88. The summed E-state index contributed by atoms with van der Waals surface area (Å²) in [6.45, 7) is 3.83. The number of amides is 1. The summed E-state index contributed by atoms with van der Waals surface area (Å²) in [7, 11) is 0. The number of nitrogens with zero attached hydrogens (tertiary/aromatic N) is 2. The zero-order valence-electron chi connectivity index (χ0n) is 14.8. The first-order chi connectivity index (χ1) is 12.3. The fourth-order valence-electron chi connectivity index (χ4n) is 4.35. The molecule has 2 N–H and O–H groups in total. The van der Waals surface area contributed by atoms with E-state index in [1.165, 1.54) is 51.7 Å². The number of carbonyl (C=O) groups is 1. The molecular formula is C20H28N4O. The van der Waals surface area contributed by atoms with Crippen molar-refractivity contribution in [3.05, 3.63) is 30.0 Å². The van der Waals surface area contributed by atoms with E-state index in [2.05, 4.69) is 20.4 Å². The van der Waals surface area contributed by atoms with Crippen LogP contribution in [0.25, 0.3) is 10.9 Å². The van der Waals surface area contributed by atoms with Gasteiger partial charge in [0.05, 0.1) is 11.7 Å². The van der Waals surface area contributed by atoms with Crippen LogP contribution in [0.5, 0.6) is 0 Å². The van der Waals surface area contributed by atoms with Crippen LogP contribution in [0.4, 0.5) is 0 Å². The van der Waals surface area contributed by atoms with E-state index in [9.17, 15) is 4.79 Å². The van der Waals surface area contributed by atoms with Crippen molar-refractivity contribution in [1.82, 2.24) is 20.4 Å². The Balaban J connectivity index is 1.27. The molecule has 2 fully saturated rings. The summed E-state index contributed by atoms with van der Waals surface area (Å²) >= 11 is 0. The number of hydrogen-bond acceptors (Lipinski definition) is 3. The molecule has 1 aromatic heterocycles. The van der Waals surface area contributed by atoms with Crippen molar-refractivity contribution in [3.63, 3.8) is 0 Å². The summed E-state index contributed by atoms with van der Waals surface area (Å²) < 4.78 is 0. The molecule has 1 saturated heterocycles. The van der Waals surface area contributed by atoms with Crippen LogP contribution in [-0.4, -0.2) is 46.7 Å². The number of aromatic nitrogens is 2. The SMILES string of the molecule is O=C(N[C@H]1CC[C@H](CN2CCCCC2)CC1)c1ccc2[nH]ncc2c1. The van der Waals surface area contributed by atoms with E-state index >= 15 is 0 Å². The van der Waals surface area contributed by atoms with Gasteiger partial charge in [0.25, 0.3) is 5.91 Å². The number of carbonyl (C=O) groups excluding carboxylic acids is 1. The zero-order chi connectivity index (χ0) is 17.1. The molecule has 2 aliphatic rings. The molecule has 1 aromatic carbocycles. The van der Waals surface area contributed by atoms with Crippen molar-refractivity contribution in [2.24, 2.45) is 5.92 Å². The molecule has 25 heavy (non-hydrogen) atoms. The van der Waals surface area contributed by atoms with Crippen LogP contribution < -0.4 is 5.32 Å². The van der Waals surface area contributed by atoms with Crippen LogP contribution in [0.1, 0.15) is 55.3 Å². The Bertz CT molecular complexity index is 711. The Morgan fingerprint density at radius 3 is 2.76 bits per heavy atom. The van der Waals surface area contributed by atoms with Gasteiger partial charge in [-0.15, -0.1) is 0 Å². The van der Waals surface area contributed by atoms with Crippen LogP contribution in [0.15, 0.2) is 24.4 Å². The lowest BCUT2D eigenvalue weighted by molar-refractivity contribution is 0.0915. The molecule has 1 saturated carbocycles. The molecule has 0 atom stereocenters. The van der Waals surface area contributed by atoms with Gasteiger partial charge in [-0.2, -0.15) is 5.10 Å². The summed E-state index contributed by atoms with van der Waals surface area (Å²) in [6, 6.07) is 6.03. The minimum atomic E-state index is 0.0441. The molecule has 5 nitrogen and oxygen atoms in total. The van der Waals surface area contributed by atoms with Gasteiger partial charge in [0, 0.05) is 23.5 Å². The standard InChI is InChI=1S/C20H28N4O/c25-20(16-6-9-19-17(12-16)13-21-23-19)22-18-7-4-15(5-8-18)14-24-10-2-1-3-11-24/h6,9,12-13,15,18H,1-5,7-8,10-11,14H2,(H,21,23)(H,22,25)/t15-,18-. The zero-order valence-corrected chi connectivity index (χ0v) is 14.8. The van der Waals surface area contributed by atoms with Crippen LogP contribution in [-0.2, 0) is 0 Å². The molecule has 5 heteroatoms. The second kappa shape index (κ2) is 7.56. The predicted molar refractivity (Wildman–Crippen MR) is 99.6 cm³/mol. The lowest BCUT2D eigenvalue weighted by atomic mass is 9.85. The minimum absolute atomic E-state index is 0.0441. The van der Waals surface area contributed by atoms with E-state index in [-0.39, 0.29) is 5.91 Å². The molecular weight excluding hydrogens is 312 g/mol. The van der Waals surface area contributed by atoms with Crippen LogP contribution >= 0.6 is 0 Å². The third-order valence-corrected chi connectivity index (χ3v) is 5.85. The lowest BCUT2D eigenvalue weighted by Crippen LogP contribution is -2.40. The van der Waals surface area contributed by atoms with E-state index in [0.29, 0.717) is 6.04 Å². The van der Waals surface area contributed by atoms with Crippen LogP contribution in [0, 0.1) is 5.92 Å². The molecule has 4 rings (SSSR count). The van der Waals surface area contributed by atoms with Crippen molar-refractivity contribution < 1.29 is 4.79 Å². The first-order valence-corrected chi connectivity index (χ1v) is 9.74. The van der Waals surface area contributed by atoms with Crippen molar-refractivity contribution in [2.75, 3.05) is 19.6 Å². The van der Waals surface area contributed by atoms with E-state index in [0.717, 1.165) is 35.2 Å². The third-order valence-electron chi connectivity index (χ3n) is 5.85. The maximum Gasteiger partial charge on any atom is 0.251 e. The topological polar surface area (TPSA) is 61.0 Å². The number of benzene rings is 1. The number of hydrogen-bond donors (Lipinski definition) is 2. The second-order valence-electron chi connectivity index (χ2n) is 7.72. The maximum atomic E-state index is 12.5. The molecule has 0 radical (unpaired) electrons. The number of rotatable bonds is 4. The van der Waals surface area contributed by atoms with Crippen molar-refractivity contribution in [1.29, 1.82) is 0 Å². The highest BCUT2D eigenvalue weighted by Crippen LogP contribution is 2.26. The number of H-pyrrole nitrogens is 1.